The highest BCUT2D eigenvalue weighted by Gasteiger charge is 2.54. The van der Waals surface area contributed by atoms with E-state index < -0.39 is 0 Å². The van der Waals surface area contributed by atoms with Gasteiger partial charge in [-0.2, -0.15) is 0 Å². The van der Waals surface area contributed by atoms with E-state index in [4.69, 9.17) is 52.1 Å². The SMILES string of the molecule is CC(C)CCOCCOCCOCCOc1ccc2c(c1)CC[C@@H]1[C@@H]2CC[C@]2(C)[C@@H](O)CC[C@@H]12.CCCOCCOCCC(C)C.COCCOCCC(C)C.COCCOCCOCCC(C)C. The summed E-state index contributed by atoms with van der Waals surface area (Å²) in [6.07, 6.45) is 12.4. The maximum absolute atomic E-state index is 10.6. The molecule has 5 atom stereocenters. The van der Waals surface area contributed by atoms with Crippen molar-refractivity contribution in [3.63, 3.8) is 0 Å². The second kappa shape index (κ2) is 43.0. The minimum absolute atomic E-state index is 0.0991. The van der Waals surface area contributed by atoms with Crippen LogP contribution >= 0.6 is 0 Å². The van der Waals surface area contributed by atoms with Crippen molar-refractivity contribution >= 4 is 0 Å². The van der Waals surface area contributed by atoms with Gasteiger partial charge in [-0.3, -0.25) is 0 Å². The molecule has 0 radical (unpaired) electrons. The number of benzene rings is 1. The Labute approximate surface area is 423 Å². The van der Waals surface area contributed by atoms with Crippen molar-refractivity contribution in [1.29, 1.82) is 0 Å². The van der Waals surface area contributed by atoms with Gasteiger partial charge in [0.25, 0.3) is 0 Å². The van der Waals surface area contributed by atoms with E-state index in [1.807, 2.05) is 0 Å². The van der Waals surface area contributed by atoms with Gasteiger partial charge < -0.3 is 57.2 Å². The van der Waals surface area contributed by atoms with Gasteiger partial charge in [-0.05, 0) is 141 Å². The average Bonchev–Trinajstić information content (AvgIpc) is 3.63. The van der Waals surface area contributed by atoms with Gasteiger partial charge in [-0.1, -0.05) is 75.3 Å². The number of methoxy groups -OCH3 is 2. The summed E-state index contributed by atoms with van der Waals surface area (Å²) in [7, 11) is 3.36. The fraction of sp³-hybridized carbons (Fsp3) is 0.895. The largest absolute Gasteiger partial charge is 0.491 e. The van der Waals surface area contributed by atoms with Crippen LogP contribution in [-0.4, -0.2) is 151 Å². The Morgan fingerprint density at radius 3 is 1.33 bits per heavy atom. The van der Waals surface area contributed by atoms with Gasteiger partial charge in [0.1, 0.15) is 12.4 Å². The monoisotopic (exact) mass is 985 g/mol. The molecule has 2 fully saturated rings. The van der Waals surface area contributed by atoms with E-state index in [0.29, 0.717) is 90.4 Å². The first-order valence-electron chi connectivity index (χ1n) is 27.3. The molecule has 0 saturated heterocycles. The number of ether oxygens (including phenoxy) is 11. The van der Waals surface area contributed by atoms with Gasteiger partial charge in [0, 0.05) is 47.3 Å². The maximum atomic E-state index is 10.6. The molecule has 0 amide bonds. The van der Waals surface area contributed by atoms with Gasteiger partial charge in [0.15, 0.2) is 0 Å². The third kappa shape index (κ3) is 32.4. The first-order valence-corrected chi connectivity index (χ1v) is 27.3. The van der Waals surface area contributed by atoms with Crippen LogP contribution in [0.3, 0.4) is 0 Å². The molecule has 3 aliphatic rings. The zero-order chi connectivity index (χ0) is 51.0. The van der Waals surface area contributed by atoms with E-state index in [1.165, 1.54) is 30.4 Å². The highest BCUT2D eigenvalue weighted by molar-refractivity contribution is 5.40. The molecular formula is C57H108O12. The minimum Gasteiger partial charge on any atom is -0.491 e. The van der Waals surface area contributed by atoms with Crippen molar-refractivity contribution < 1.29 is 57.2 Å². The van der Waals surface area contributed by atoms with E-state index in [2.05, 4.69) is 87.4 Å². The fourth-order valence-electron chi connectivity index (χ4n) is 8.83. The molecule has 3 aliphatic carbocycles. The van der Waals surface area contributed by atoms with Crippen LogP contribution in [0.15, 0.2) is 18.2 Å². The number of hydrogen-bond acceptors (Lipinski definition) is 12. The lowest BCUT2D eigenvalue weighted by atomic mass is 9.55. The molecule has 2 saturated carbocycles. The molecule has 12 nitrogen and oxygen atoms in total. The number of fused-ring (bicyclic) bond motifs is 5. The molecular weight excluding hydrogens is 877 g/mol. The minimum atomic E-state index is -0.0991. The van der Waals surface area contributed by atoms with Crippen LogP contribution < -0.4 is 4.74 Å². The van der Waals surface area contributed by atoms with Crippen LogP contribution in [0.2, 0.25) is 0 Å². The predicted molar refractivity (Wildman–Crippen MR) is 281 cm³/mol. The smallest absolute Gasteiger partial charge is 0.119 e. The molecule has 1 aromatic rings. The third-order valence-electron chi connectivity index (χ3n) is 13.2. The van der Waals surface area contributed by atoms with Gasteiger partial charge >= 0.3 is 0 Å². The third-order valence-corrected chi connectivity index (χ3v) is 13.2. The predicted octanol–water partition coefficient (Wildman–Crippen LogP) is 11.3. The summed E-state index contributed by atoms with van der Waals surface area (Å²) in [6, 6.07) is 6.71. The van der Waals surface area contributed by atoms with Crippen molar-refractivity contribution in [2.24, 2.45) is 40.9 Å². The molecule has 0 aliphatic heterocycles. The number of aryl methyl sites for hydroxylation is 1. The van der Waals surface area contributed by atoms with Crippen LogP contribution in [0, 0.1) is 40.9 Å². The van der Waals surface area contributed by atoms with Crippen molar-refractivity contribution in [2.75, 3.05) is 140 Å². The molecule has 1 aromatic carbocycles. The van der Waals surface area contributed by atoms with Crippen molar-refractivity contribution in [3.8, 4) is 5.75 Å². The highest BCUT2D eigenvalue weighted by atomic mass is 16.6. The lowest BCUT2D eigenvalue weighted by molar-refractivity contribution is -0.0226. The highest BCUT2D eigenvalue weighted by Crippen LogP contribution is 2.61. The molecule has 69 heavy (non-hydrogen) atoms. The Morgan fingerprint density at radius 1 is 0.507 bits per heavy atom. The van der Waals surface area contributed by atoms with E-state index in [-0.39, 0.29) is 11.5 Å². The maximum Gasteiger partial charge on any atom is 0.119 e. The number of rotatable bonds is 36. The number of aliphatic hydroxyl groups excluding tert-OH is 1. The van der Waals surface area contributed by atoms with Gasteiger partial charge in [0.2, 0.25) is 0 Å². The lowest BCUT2D eigenvalue weighted by Gasteiger charge is -2.50. The second-order valence-corrected chi connectivity index (χ2v) is 20.9. The molecule has 1 N–H and O–H groups in total. The lowest BCUT2D eigenvalue weighted by Crippen LogP contribution is -2.43. The van der Waals surface area contributed by atoms with Gasteiger partial charge in [-0.25, -0.2) is 0 Å². The quantitative estimate of drug-likeness (QED) is 0.0644. The van der Waals surface area contributed by atoms with Gasteiger partial charge in [0.05, 0.1) is 92.0 Å². The summed E-state index contributed by atoms with van der Waals surface area (Å²) in [4.78, 5) is 0. The van der Waals surface area contributed by atoms with Crippen molar-refractivity contribution in [3.05, 3.63) is 29.3 Å². The molecule has 4 rings (SSSR count). The zero-order valence-electron chi connectivity index (χ0n) is 46.5. The molecule has 0 spiro atoms. The van der Waals surface area contributed by atoms with Crippen molar-refractivity contribution in [2.45, 2.75) is 152 Å². The first-order chi connectivity index (χ1) is 33.3. The Hall–Kier alpha value is -1.42. The van der Waals surface area contributed by atoms with Crippen LogP contribution in [0.1, 0.15) is 150 Å². The second-order valence-electron chi connectivity index (χ2n) is 20.9. The summed E-state index contributed by atoms with van der Waals surface area (Å²) in [6.45, 7) is 35.4. The number of aliphatic hydroxyl groups is 1. The summed E-state index contributed by atoms with van der Waals surface area (Å²) in [5, 5.41) is 10.6. The van der Waals surface area contributed by atoms with Gasteiger partial charge in [-0.15, -0.1) is 0 Å². The fourth-order valence-corrected chi connectivity index (χ4v) is 8.83. The summed E-state index contributed by atoms with van der Waals surface area (Å²) in [5.41, 5.74) is 3.15. The van der Waals surface area contributed by atoms with E-state index in [9.17, 15) is 5.11 Å². The topological polar surface area (TPSA) is 122 Å². The molecule has 0 aromatic heterocycles. The molecule has 408 valence electrons. The normalized spacial score (nSPS) is 20.4. The first kappa shape index (κ1) is 65.6. The summed E-state index contributed by atoms with van der Waals surface area (Å²) >= 11 is 0. The Bertz CT molecular complexity index is 1280. The molecule has 0 unspecified atom stereocenters. The number of hydrogen-bond donors (Lipinski definition) is 1. The molecule has 0 heterocycles. The Kier molecular flexibility index (Phi) is 40.9. The van der Waals surface area contributed by atoms with Crippen LogP contribution in [0.25, 0.3) is 0 Å². The summed E-state index contributed by atoms with van der Waals surface area (Å²) < 4.78 is 58.8. The standard InChI is InChI=1S/C29H46O5.C10H22O3.C10H22O2.C8H18O2/c1-21(2)11-13-31-14-15-32-16-17-33-18-19-34-23-5-7-24-22(20-23)4-6-26-25(24)10-12-29(3)27(26)8-9-28(29)30;1-10(2)4-5-12-8-9-13-7-6-11-3;1-4-6-11-8-9-12-7-5-10(2)3;1-8(2)4-5-10-7-6-9-3/h5,7,20-21,25-28,30H,4,6,8-19H2,1-3H3;10H,4-9H2,1-3H3;10H,4-9H2,1-3H3;8H,4-7H2,1-3H3/t25-,26-,27+,28+,29+;;;/m1.../s1. The van der Waals surface area contributed by atoms with Crippen LogP contribution in [0.4, 0.5) is 0 Å². The average molecular weight is 985 g/mol. The van der Waals surface area contributed by atoms with Crippen molar-refractivity contribution in [1.82, 2.24) is 0 Å². The Balaban J connectivity index is 0.000000558. The van der Waals surface area contributed by atoms with E-state index in [0.717, 1.165) is 134 Å². The van der Waals surface area contributed by atoms with E-state index in [1.54, 1.807) is 14.2 Å². The summed E-state index contributed by atoms with van der Waals surface area (Å²) in [5.74, 6) is 5.90. The van der Waals surface area contributed by atoms with E-state index >= 15 is 0 Å². The van der Waals surface area contributed by atoms with Crippen LogP contribution in [-0.2, 0) is 53.8 Å². The Morgan fingerprint density at radius 2 is 0.913 bits per heavy atom. The zero-order valence-corrected chi connectivity index (χ0v) is 46.5. The molecule has 12 heteroatoms. The molecule has 0 bridgehead atoms. The van der Waals surface area contributed by atoms with Crippen LogP contribution in [0.5, 0.6) is 5.75 Å².